The Morgan fingerprint density at radius 2 is 1.91 bits per heavy atom. The normalized spacial score (nSPS) is 17.2. The topological polar surface area (TPSA) is 97.4 Å². The highest BCUT2D eigenvalue weighted by atomic mass is 35.5. The van der Waals surface area contributed by atoms with Crippen molar-refractivity contribution in [3.8, 4) is 11.4 Å². The summed E-state index contributed by atoms with van der Waals surface area (Å²) in [6.45, 7) is 6.29. The summed E-state index contributed by atoms with van der Waals surface area (Å²) in [6.07, 6.45) is 4.88. The first kappa shape index (κ1) is 22.5. The maximum Gasteiger partial charge on any atom is 0.269 e. The number of hydrogen-bond acceptors (Lipinski definition) is 7. The minimum absolute atomic E-state index is 0.00612. The van der Waals surface area contributed by atoms with Gasteiger partial charge in [0.15, 0.2) is 5.82 Å². The molecule has 3 aromatic rings. The predicted molar refractivity (Wildman–Crippen MR) is 123 cm³/mol. The van der Waals surface area contributed by atoms with Gasteiger partial charge in [0.2, 0.25) is 5.91 Å². The van der Waals surface area contributed by atoms with Crippen molar-refractivity contribution in [3.63, 3.8) is 0 Å². The van der Waals surface area contributed by atoms with Gasteiger partial charge in [0.05, 0.1) is 23.5 Å². The Labute approximate surface area is 200 Å². The van der Waals surface area contributed by atoms with Gasteiger partial charge in [-0.15, -0.1) is 0 Å². The molecular weight excluding hydrogens is 463 g/mol. The number of pyridine rings is 1. The highest BCUT2D eigenvalue weighted by Gasteiger charge is 2.47. The molecule has 3 aromatic heterocycles. The summed E-state index contributed by atoms with van der Waals surface area (Å²) in [5, 5.41) is 8.42. The maximum absolute atomic E-state index is 14.4. The van der Waals surface area contributed by atoms with Gasteiger partial charge in [-0.3, -0.25) is 9.59 Å². The highest BCUT2D eigenvalue weighted by Crippen LogP contribution is 2.46. The number of amides is 1. The van der Waals surface area contributed by atoms with Gasteiger partial charge >= 0.3 is 0 Å². The number of aromatic nitrogens is 4. The molecule has 34 heavy (non-hydrogen) atoms. The van der Waals surface area contributed by atoms with Crippen LogP contribution in [0.3, 0.4) is 0 Å². The highest BCUT2D eigenvalue weighted by molar-refractivity contribution is 6.30. The van der Waals surface area contributed by atoms with Gasteiger partial charge < -0.3 is 14.3 Å². The summed E-state index contributed by atoms with van der Waals surface area (Å²) in [5.74, 6) is 0.0345. The van der Waals surface area contributed by atoms with Crippen LogP contribution in [0, 0.1) is 18.2 Å². The van der Waals surface area contributed by atoms with Gasteiger partial charge in [-0.1, -0.05) is 23.7 Å². The fourth-order valence-corrected chi connectivity index (χ4v) is 4.31. The summed E-state index contributed by atoms with van der Waals surface area (Å²) in [4.78, 5) is 33.4. The van der Waals surface area contributed by atoms with E-state index in [9.17, 15) is 14.0 Å². The number of halogens is 2. The van der Waals surface area contributed by atoms with Gasteiger partial charge in [-0.2, -0.15) is 5.10 Å². The van der Waals surface area contributed by atoms with E-state index >= 15 is 0 Å². The Kier molecular flexibility index (Phi) is 5.63. The first-order valence-electron chi connectivity index (χ1n) is 11.1. The fraction of sp³-hybridized carbons (Fsp3) is 0.435. The molecule has 1 saturated heterocycles. The maximum atomic E-state index is 14.4. The van der Waals surface area contributed by atoms with E-state index in [1.54, 1.807) is 13.1 Å². The van der Waals surface area contributed by atoms with E-state index < -0.39 is 5.82 Å². The summed E-state index contributed by atoms with van der Waals surface area (Å²) in [7, 11) is 0. The van der Waals surface area contributed by atoms with Crippen molar-refractivity contribution in [2.75, 3.05) is 31.1 Å². The summed E-state index contributed by atoms with van der Waals surface area (Å²) in [6, 6.07) is 2.67. The van der Waals surface area contributed by atoms with Gasteiger partial charge in [-0.05, 0) is 25.8 Å². The Morgan fingerprint density at radius 3 is 2.56 bits per heavy atom. The van der Waals surface area contributed by atoms with Crippen molar-refractivity contribution in [2.24, 2.45) is 5.41 Å². The lowest BCUT2D eigenvalue weighted by Crippen LogP contribution is -2.50. The standard InChI is InChI=1S/C23H24ClFN6O3/c1-14-17(20(28-34-14)21-18(25)9-15(24)11-26-21)13-31-19(32)10-16(12-27-31)29-5-7-30(8-6-29)22(33)23(2)3-4-23/h9-12H,3-8,13H2,1-2H3. The zero-order valence-electron chi connectivity index (χ0n) is 18.9. The molecule has 1 saturated carbocycles. The molecule has 1 aliphatic carbocycles. The summed E-state index contributed by atoms with van der Waals surface area (Å²) >= 11 is 5.80. The van der Waals surface area contributed by atoms with Crippen LogP contribution < -0.4 is 10.5 Å². The van der Waals surface area contributed by atoms with Gasteiger partial charge in [0.25, 0.3) is 5.56 Å². The Balaban J connectivity index is 1.32. The van der Waals surface area contributed by atoms with Crippen LogP contribution in [0.5, 0.6) is 0 Å². The van der Waals surface area contributed by atoms with Crippen LogP contribution in [-0.2, 0) is 11.3 Å². The number of carbonyl (C=O) groups is 1. The molecule has 0 unspecified atom stereocenters. The molecule has 2 fully saturated rings. The molecule has 4 heterocycles. The number of rotatable bonds is 5. The second kappa shape index (κ2) is 8.50. The van der Waals surface area contributed by atoms with Crippen LogP contribution in [0.4, 0.5) is 10.1 Å². The molecule has 9 nitrogen and oxygen atoms in total. The third-order valence-corrected chi connectivity index (χ3v) is 6.83. The number of aryl methyl sites for hydroxylation is 1. The van der Waals surface area contributed by atoms with Crippen LogP contribution in [0.15, 0.2) is 33.8 Å². The quantitative estimate of drug-likeness (QED) is 0.547. The Hall–Kier alpha value is -3.27. The van der Waals surface area contributed by atoms with Gasteiger partial charge in [-0.25, -0.2) is 14.1 Å². The lowest BCUT2D eigenvalue weighted by Gasteiger charge is -2.37. The molecule has 0 aromatic carbocycles. The lowest BCUT2D eigenvalue weighted by molar-refractivity contribution is -0.136. The number of nitrogens with zero attached hydrogens (tertiary/aromatic N) is 6. The number of piperazine rings is 1. The minimum atomic E-state index is -0.633. The molecule has 0 radical (unpaired) electrons. The zero-order valence-corrected chi connectivity index (χ0v) is 19.7. The Morgan fingerprint density at radius 1 is 1.18 bits per heavy atom. The summed E-state index contributed by atoms with van der Waals surface area (Å²) in [5.41, 5.74) is 0.934. The third-order valence-electron chi connectivity index (χ3n) is 6.63. The van der Waals surface area contributed by atoms with Crippen LogP contribution in [0.25, 0.3) is 11.4 Å². The predicted octanol–water partition coefficient (Wildman–Crippen LogP) is 2.89. The molecule has 0 bridgehead atoms. The van der Waals surface area contributed by atoms with E-state index in [0.717, 1.165) is 18.9 Å². The Bertz CT molecular complexity index is 1310. The van der Waals surface area contributed by atoms with Crippen molar-refractivity contribution >= 4 is 23.2 Å². The molecule has 0 atom stereocenters. The van der Waals surface area contributed by atoms with Gasteiger partial charge in [0.1, 0.15) is 17.1 Å². The summed E-state index contributed by atoms with van der Waals surface area (Å²) < 4.78 is 20.9. The first-order chi connectivity index (χ1) is 16.2. The second-order valence-corrected chi connectivity index (χ2v) is 9.54. The largest absolute Gasteiger partial charge is 0.367 e. The van der Waals surface area contributed by atoms with E-state index in [4.69, 9.17) is 16.1 Å². The van der Waals surface area contributed by atoms with E-state index in [1.807, 2.05) is 11.8 Å². The molecule has 11 heteroatoms. The van der Waals surface area contributed by atoms with Crippen LogP contribution in [0.2, 0.25) is 5.02 Å². The van der Waals surface area contributed by atoms with Crippen LogP contribution in [-0.4, -0.2) is 56.9 Å². The van der Waals surface area contributed by atoms with Crippen molar-refractivity contribution in [2.45, 2.75) is 33.2 Å². The van der Waals surface area contributed by atoms with Crippen molar-refractivity contribution < 1.29 is 13.7 Å². The van der Waals surface area contributed by atoms with E-state index in [-0.39, 0.29) is 39.8 Å². The molecule has 1 amide bonds. The zero-order chi connectivity index (χ0) is 24.0. The smallest absolute Gasteiger partial charge is 0.269 e. The average molecular weight is 487 g/mol. The molecule has 1 aliphatic heterocycles. The SMILES string of the molecule is Cc1onc(-c2ncc(Cl)cc2F)c1Cn1ncc(N2CCN(C(=O)C3(C)CC3)CC2)cc1=O. The first-order valence-corrected chi connectivity index (χ1v) is 11.5. The lowest BCUT2D eigenvalue weighted by atomic mass is 10.1. The van der Waals surface area contributed by atoms with Crippen LogP contribution >= 0.6 is 11.6 Å². The molecule has 2 aliphatic rings. The van der Waals surface area contributed by atoms with Gasteiger partial charge in [0, 0.05) is 49.4 Å². The average Bonchev–Trinajstić information content (AvgIpc) is 3.48. The van der Waals surface area contributed by atoms with E-state index in [2.05, 4.69) is 20.1 Å². The number of carbonyl (C=O) groups excluding carboxylic acids is 1. The van der Waals surface area contributed by atoms with Crippen molar-refractivity contribution in [1.82, 2.24) is 24.8 Å². The fourth-order valence-electron chi connectivity index (χ4n) is 4.17. The van der Waals surface area contributed by atoms with E-state index in [1.165, 1.54) is 16.9 Å². The minimum Gasteiger partial charge on any atom is -0.367 e. The molecular formula is C23H24ClFN6O3. The van der Waals surface area contributed by atoms with Crippen molar-refractivity contribution in [3.05, 3.63) is 57.0 Å². The van der Waals surface area contributed by atoms with Crippen LogP contribution in [0.1, 0.15) is 31.1 Å². The second-order valence-electron chi connectivity index (χ2n) is 9.10. The molecule has 178 valence electrons. The molecule has 5 rings (SSSR count). The van der Waals surface area contributed by atoms with Crippen molar-refractivity contribution in [1.29, 1.82) is 0 Å². The number of anilines is 1. The monoisotopic (exact) mass is 486 g/mol. The third kappa shape index (κ3) is 4.18. The molecule has 0 N–H and O–H groups in total. The van der Waals surface area contributed by atoms with E-state index in [0.29, 0.717) is 43.2 Å². The molecule has 0 spiro atoms. The number of hydrogen-bond donors (Lipinski definition) is 0.